The zero-order chi connectivity index (χ0) is 24.4. The molecular formula is C27H23N3O5. The Morgan fingerprint density at radius 1 is 0.886 bits per heavy atom. The first-order valence-corrected chi connectivity index (χ1v) is 11.1. The molecule has 0 unspecified atom stereocenters. The quantitative estimate of drug-likeness (QED) is 0.327. The summed E-state index contributed by atoms with van der Waals surface area (Å²) in [5.41, 5.74) is 1.87. The Labute approximate surface area is 201 Å². The van der Waals surface area contributed by atoms with Gasteiger partial charge in [0.05, 0.1) is 26.4 Å². The first kappa shape index (κ1) is 22.2. The van der Waals surface area contributed by atoms with Gasteiger partial charge in [-0.25, -0.2) is 0 Å². The Balaban J connectivity index is 1.64. The fourth-order valence-corrected chi connectivity index (χ4v) is 3.91. The van der Waals surface area contributed by atoms with Crippen molar-refractivity contribution in [2.75, 3.05) is 20.8 Å². The summed E-state index contributed by atoms with van der Waals surface area (Å²) in [7, 11) is 3.16. The molecule has 0 atom stereocenters. The van der Waals surface area contributed by atoms with Crippen LogP contribution in [-0.4, -0.2) is 35.5 Å². The third kappa shape index (κ3) is 4.21. The summed E-state index contributed by atoms with van der Waals surface area (Å²) in [6.45, 7) is 2.49. The van der Waals surface area contributed by atoms with Crippen LogP contribution < -0.4 is 19.8 Å². The average molecular weight is 469 g/mol. The molecule has 0 N–H and O–H groups in total. The topological polar surface area (TPSA) is 88.6 Å². The normalized spacial score (nSPS) is 10.9. The van der Waals surface area contributed by atoms with Gasteiger partial charge in [0.15, 0.2) is 0 Å². The van der Waals surface area contributed by atoms with Crippen LogP contribution in [0.5, 0.6) is 17.2 Å². The van der Waals surface area contributed by atoms with E-state index in [4.69, 9.17) is 18.7 Å². The van der Waals surface area contributed by atoms with Gasteiger partial charge in [0.1, 0.15) is 17.2 Å². The molecular weight excluding hydrogens is 446 g/mol. The predicted molar refractivity (Wildman–Crippen MR) is 133 cm³/mol. The molecule has 0 amide bonds. The minimum Gasteiger partial charge on any atom is -0.497 e. The second-order valence-corrected chi connectivity index (χ2v) is 7.71. The van der Waals surface area contributed by atoms with Crippen molar-refractivity contribution >= 4 is 10.8 Å². The molecule has 176 valence electrons. The maximum Gasteiger partial charge on any atom is 0.262 e. The molecule has 35 heavy (non-hydrogen) atoms. The number of rotatable bonds is 7. The lowest BCUT2D eigenvalue weighted by molar-refractivity contribution is 0.340. The van der Waals surface area contributed by atoms with E-state index in [9.17, 15) is 4.79 Å². The summed E-state index contributed by atoms with van der Waals surface area (Å²) in [5.74, 6) is 2.62. The Bertz CT molecular complexity index is 1530. The SMILES string of the molecule is CCOc1ccc(-n2cc(-c3nc(-c4cc(OC)cc(OC)c4)no3)c3ccccc3c2=O)cc1. The van der Waals surface area contributed by atoms with Gasteiger partial charge < -0.3 is 18.7 Å². The number of ether oxygens (including phenoxy) is 3. The highest BCUT2D eigenvalue weighted by atomic mass is 16.5. The van der Waals surface area contributed by atoms with Crippen molar-refractivity contribution in [3.05, 3.63) is 83.3 Å². The Hall–Kier alpha value is -4.59. The van der Waals surface area contributed by atoms with Crippen LogP contribution in [0, 0.1) is 0 Å². The van der Waals surface area contributed by atoms with Crippen molar-refractivity contribution < 1.29 is 18.7 Å². The van der Waals surface area contributed by atoms with Gasteiger partial charge in [0.25, 0.3) is 11.4 Å². The van der Waals surface area contributed by atoms with Crippen molar-refractivity contribution in [1.82, 2.24) is 14.7 Å². The lowest BCUT2D eigenvalue weighted by Gasteiger charge is -2.11. The van der Waals surface area contributed by atoms with Crippen LogP contribution >= 0.6 is 0 Å². The van der Waals surface area contributed by atoms with Gasteiger partial charge in [0.2, 0.25) is 5.82 Å². The molecule has 0 spiro atoms. The van der Waals surface area contributed by atoms with E-state index in [1.165, 1.54) is 0 Å². The molecule has 0 saturated heterocycles. The van der Waals surface area contributed by atoms with Gasteiger partial charge in [-0.3, -0.25) is 9.36 Å². The molecule has 0 fully saturated rings. The van der Waals surface area contributed by atoms with E-state index in [1.54, 1.807) is 49.2 Å². The largest absolute Gasteiger partial charge is 0.497 e. The third-order valence-electron chi connectivity index (χ3n) is 5.62. The lowest BCUT2D eigenvalue weighted by Crippen LogP contribution is -2.18. The molecule has 2 heterocycles. The number of methoxy groups -OCH3 is 2. The number of hydrogen-bond donors (Lipinski definition) is 0. The highest BCUT2D eigenvalue weighted by Crippen LogP contribution is 2.32. The number of fused-ring (bicyclic) bond motifs is 1. The Morgan fingerprint density at radius 2 is 1.57 bits per heavy atom. The molecule has 8 heteroatoms. The van der Waals surface area contributed by atoms with Gasteiger partial charge in [-0.1, -0.05) is 23.4 Å². The number of pyridine rings is 1. The number of hydrogen-bond acceptors (Lipinski definition) is 7. The van der Waals surface area contributed by atoms with Crippen molar-refractivity contribution in [2.24, 2.45) is 0 Å². The number of benzene rings is 3. The van der Waals surface area contributed by atoms with Crippen LogP contribution in [0.25, 0.3) is 39.3 Å². The molecule has 0 radical (unpaired) electrons. The molecule has 0 aliphatic heterocycles. The number of nitrogens with zero attached hydrogens (tertiary/aromatic N) is 3. The predicted octanol–water partition coefficient (Wildman–Crippen LogP) is 5.12. The van der Waals surface area contributed by atoms with Crippen LogP contribution in [0.2, 0.25) is 0 Å². The van der Waals surface area contributed by atoms with Crippen LogP contribution in [-0.2, 0) is 0 Å². The van der Waals surface area contributed by atoms with Gasteiger partial charge in [-0.2, -0.15) is 4.98 Å². The van der Waals surface area contributed by atoms with Gasteiger partial charge in [0, 0.05) is 34.3 Å². The summed E-state index contributed by atoms with van der Waals surface area (Å²) in [5, 5.41) is 5.44. The maximum absolute atomic E-state index is 13.3. The zero-order valence-electron chi connectivity index (χ0n) is 19.5. The van der Waals surface area contributed by atoms with E-state index in [2.05, 4.69) is 10.1 Å². The Morgan fingerprint density at radius 3 is 2.23 bits per heavy atom. The van der Waals surface area contributed by atoms with E-state index in [0.717, 1.165) is 11.1 Å². The molecule has 8 nitrogen and oxygen atoms in total. The van der Waals surface area contributed by atoms with Crippen LogP contribution in [0.15, 0.2) is 82.2 Å². The summed E-state index contributed by atoms with van der Waals surface area (Å²) in [4.78, 5) is 18.0. The van der Waals surface area contributed by atoms with Crippen molar-refractivity contribution in [2.45, 2.75) is 6.92 Å². The summed E-state index contributed by atoms with van der Waals surface area (Å²) < 4.78 is 23.5. The highest BCUT2D eigenvalue weighted by Gasteiger charge is 2.18. The summed E-state index contributed by atoms with van der Waals surface area (Å²) in [6.07, 6.45) is 1.73. The van der Waals surface area contributed by atoms with Crippen molar-refractivity contribution in [1.29, 1.82) is 0 Å². The average Bonchev–Trinajstić information content (AvgIpc) is 3.40. The van der Waals surface area contributed by atoms with Crippen LogP contribution in [0.4, 0.5) is 0 Å². The molecule has 0 aliphatic carbocycles. The van der Waals surface area contributed by atoms with E-state index in [1.807, 2.05) is 49.4 Å². The second-order valence-electron chi connectivity index (χ2n) is 7.71. The third-order valence-corrected chi connectivity index (χ3v) is 5.62. The fourth-order valence-electron chi connectivity index (χ4n) is 3.91. The standard InChI is InChI=1S/C27H23N3O5/c1-4-34-19-11-9-18(10-12-19)30-16-24(22-7-5-6-8-23(22)27(30)31)26-28-25(29-35-26)17-13-20(32-2)15-21(14-17)33-3/h5-16H,4H2,1-3H3. The molecule has 0 bridgehead atoms. The first-order valence-electron chi connectivity index (χ1n) is 11.1. The lowest BCUT2D eigenvalue weighted by atomic mass is 10.1. The van der Waals surface area contributed by atoms with Gasteiger partial charge >= 0.3 is 0 Å². The Kier molecular flexibility index (Phi) is 5.93. The van der Waals surface area contributed by atoms with Crippen molar-refractivity contribution in [3.8, 4) is 45.8 Å². The molecule has 5 rings (SSSR count). The number of aromatic nitrogens is 3. The molecule has 0 saturated carbocycles. The first-order chi connectivity index (χ1) is 17.1. The zero-order valence-corrected chi connectivity index (χ0v) is 19.5. The molecule has 0 aliphatic rings. The second kappa shape index (κ2) is 9.34. The molecule has 2 aromatic heterocycles. The fraction of sp³-hybridized carbons (Fsp3) is 0.148. The minimum absolute atomic E-state index is 0.147. The van der Waals surface area contributed by atoms with E-state index in [-0.39, 0.29) is 11.4 Å². The van der Waals surface area contributed by atoms with E-state index in [0.29, 0.717) is 46.1 Å². The summed E-state index contributed by atoms with van der Waals surface area (Å²) in [6, 6.07) is 20.1. The van der Waals surface area contributed by atoms with Gasteiger partial charge in [-0.15, -0.1) is 0 Å². The maximum atomic E-state index is 13.3. The molecule has 5 aromatic rings. The van der Waals surface area contributed by atoms with Crippen LogP contribution in [0.1, 0.15) is 6.92 Å². The van der Waals surface area contributed by atoms with Gasteiger partial charge in [-0.05, 0) is 49.4 Å². The van der Waals surface area contributed by atoms with Crippen molar-refractivity contribution in [3.63, 3.8) is 0 Å². The molecule has 3 aromatic carbocycles. The van der Waals surface area contributed by atoms with Crippen LogP contribution in [0.3, 0.4) is 0 Å². The smallest absolute Gasteiger partial charge is 0.262 e. The monoisotopic (exact) mass is 469 g/mol. The van der Waals surface area contributed by atoms with E-state index < -0.39 is 0 Å². The highest BCUT2D eigenvalue weighted by molar-refractivity contribution is 5.94. The minimum atomic E-state index is -0.147. The summed E-state index contributed by atoms with van der Waals surface area (Å²) >= 11 is 0. The van der Waals surface area contributed by atoms with E-state index >= 15 is 0 Å².